The third-order valence-corrected chi connectivity index (χ3v) is 6.18. The van der Waals surface area contributed by atoms with Gasteiger partial charge in [-0.25, -0.2) is 0 Å². The van der Waals surface area contributed by atoms with Crippen molar-refractivity contribution in [2.45, 2.75) is 129 Å². The van der Waals surface area contributed by atoms with Gasteiger partial charge in [0.05, 0.1) is 13.2 Å². The van der Waals surface area contributed by atoms with Gasteiger partial charge < -0.3 is 14.4 Å². The van der Waals surface area contributed by atoms with Crippen LogP contribution in [0.4, 0.5) is 0 Å². The summed E-state index contributed by atoms with van der Waals surface area (Å²) in [7, 11) is 2.16. The lowest BCUT2D eigenvalue weighted by molar-refractivity contribution is 0.0815. The first-order valence-electron chi connectivity index (χ1n) is 14.3. The van der Waals surface area contributed by atoms with Gasteiger partial charge in [-0.05, 0) is 45.6 Å². The Hall–Kier alpha value is -0.380. The van der Waals surface area contributed by atoms with Crippen LogP contribution in [0.3, 0.4) is 0 Å². The van der Waals surface area contributed by atoms with E-state index in [4.69, 9.17) is 9.47 Å². The van der Waals surface area contributed by atoms with Crippen molar-refractivity contribution in [1.82, 2.24) is 4.90 Å². The Kier molecular flexibility index (Phi) is 28.3. The molecule has 0 heterocycles. The number of likely N-dealkylation sites (N-methyl/N-ethyl adjacent to an activating group) is 1. The van der Waals surface area contributed by atoms with Gasteiger partial charge in [-0.1, -0.05) is 103 Å². The predicted molar refractivity (Wildman–Crippen MR) is 143 cm³/mol. The maximum absolute atomic E-state index is 5.80. The summed E-state index contributed by atoms with van der Waals surface area (Å²) in [4.78, 5) is 2.31. The average Bonchev–Trinajstić information content (AvgIpc) is 2.80. The summed E-state index contributed by atoms with van der Waals surface area (Å²) in [6.07, 6.45) is 29.0. The fourth-order valence-corrected chi connectivity index (χ4v) is 3.84. The average molecular weight is 454 g/mol. The third-order valence-electron chi connectivity index (χ3n) is 6.18. The van der Waals surface area contributed by atoms with Crippen molar-refractivity contribution in [1.29, 1.82) is 0 Å². The molecular weight excluding hydrogens is 394 g/mol. The van der Waals surface area contributed by atoms with Crippen molar-refractivity contribution in [2.24, 2.45) is 0 Å². The van der Waals surface area contributed by atoms with Crippen molar-refractivity contribution in [3.8, 4) is 0 Å². The lowest BCUT2D eigenvalue weighted by Gasteiger charge is -2.16. The van der Waals surface area contributed by atoms with Gasteiger partial charge in [-0.15, -0.1) is 0 Å². The van der Waals surface area contributed by atoms with Crippen LogP contribution in [0.15, 0.2) is 12.2 Å². The first-order valence-corrected chi connectivity index (χ1v) is 14.3. The fraction of sp³-hybridized carbons (Fsp3) is 0.931. The van der Waals surface area contributed by atoms with E-state index in [1.54, 1.807) is 0 Å². The van der Waals surface area contributed by atoms with Gasteiger partial charge >= 0.3 is 0 Å². The molecule has 0 amide bonds. The summed E-state index contributed by atoms with van der Waals surface area (Å²) in [6.45, 7) is 10.0. The molecule has 0 rings (SSSR count). The van der Waals surface area contributed by atoms with E-state index in [-0.39, 0.29) is 0 Å². The van der Waals surface area contributed by atoms with Crippen LogP contribution in [0.2, 0.25) is 0 Å². The molecule has 0 spiro atoms. The summed E-state index contributed by atoms with van der Waals surface area (Å²) < 4.78 is 11.5. The second kappa shape index (κ2) is 28.7. The molecular formula is C29H59NO2. The molecule has 192 valence electrons. The second-order valence-electron chi connectivity index (χ2n) is 9.53. The maximum Gasteiger partial charge on any atom is 0.0593 e. The van der Waals surface area contributed by atoms with Crippen LogP contribution >= 0.6 is 0 Å². The molecule has 0 N–H and O–H groups in total. The van der Waals surface area contributed by atoms with Gasteiger partial charge in [0.2, 0.25) is 0 Å². The SMILES string of the molecule is CCCCCCC/C=C\CCCCCCCCCCOCCN(C)CCOCCCCC. The summed E-state index contributed by atoms with van der Waals surface area (Å²) in [5.41, 5.74) is 0. The van der Waals surface area contributed by atoms with E-state index in [0.717, 1.165) is 39.5 Å². The van der Waals surface area contributed by atoms with E-state index in [0.29, 0.717) is 0 Å². The standard InChI is InChI=1S/C29H59NO2/c1-4-6-8-9-10-11-12-13-14-15-16-17-18-19-20-21-23-27-32-29-25-30(3)24-28-31-26-22-7-5-2/h12-13H,4-11,14-29H2,1-3H3/b13-12-. The van der Waals surface area contributed by atoms with E-state index in [9.17, 15) is 0 Å². The van der Waals surface area contributed by atoms with Gasteiger partial charge in [-0.3, -0.25) is 0 Å². The first-order chi connectivity index (χ1) is 15.8. The van der Waals surface area contributed by atoms with Gasteiger partial charge in [0, 0.05) is 26.3 Å². The molecule has 0 aliphatic heterocycles. The summed E-state index contributed by atoms with van der Waals surface area (Å²) in [5, 5.41) is 0. The molecule has 0 aliphatic carbocycles. The minimum Gasteiger partial charge on any atom is -0.380 e. The van der Waals surface area contributed by atoms with Crippen LogP contribution in [0.5, 0.6) is 0 Å². The Morgan fingerprint density at radius 3 is 1.34 bits per heavy atom. The molecule has 0 saturated carbocycles. The smallest absolute Gasteiger partial charge is 0.0593 e. The predicted octanol–water partition coefficient (Wildman–Crippen LogP) is 8.57. The number of allylic oxidation sites excluding steroid dienone is 2. The molecule has 32 heavy (non-hydrogen) atoms. The Morgan fingerprint density at radius 1 is 0.469 bits per heavy atom. The van der Waals surface area contributed by atoms with Crippen molar-refractivity contribution in [3.05, 3.63) is 12.2 Å². The Balaban J connectivity index is 3.14. The monoisotopic (exact) mass is 453 g/mol. The van der Waals surface area contributed by atoms with E-state index >= 15 is 0 Å². The van der Waals surface area contributed by atoms with Crippen LogP contribution in [-0.2, 0) is 9.47 Å². The molecule has 0 bridgehead atoms. The molecule has 0 radical (unpaired) electrons. The van der Waals surface area contributed by atoms with Crippen LogP contribution < -0.4 is 0 Å². The molecule has 0 aliphatic rings. The quantitative estimate of drug-likeness (QED) is 0.0918. The molecule has 0 aromatic carbocycles. The Labute approximate surface area is 202 Å². The molecule has 3 heteroatoms. The van der Waals surface area contributed by atoms with Crippen LogP contribution in [0.1, 0.15) is 129 Å². The van der Waals surface area contributed by atoms with Crippen molar-refractivity contribution in [3.63, 3.8) is 0 Å². The lowest BCUT2D eigenvalue weighted by atomic mass is 10.1. The minimum atomic E-state index is 0.843. The van der Waals surface area contributed by atoms with E-state index in [1.165, 1.54) is 116 Å². The molecule has 0 aromatic heterocycles. The highest BCUT2D eigenvalue weighted by molar-refractivity contribution is 4.81. The molecule has 0 aromatic rings. The zero-order valence-electron chi connectivity index (χ0n) is 22.4. The van der Waals surface area contributed by atoms with Gasteiger partial charge in [0.15, 0.2) is 0 Å². The largest absolute Gasteiger partial charge is 0.380 e. The third kappa shape index (κ3) is 27.7. The molecule has 0 atom stereocenters. The highest BCUT2D eigenvalue weighted by atomic mass is 16.5. The number of hydrogen-bond acceptors (Lipinski definition) is 3. The summed E-state index contributed by atoms with van der Waals surface area (Å²) >= 11 is 0. The fourth-order valence-electron chi connectivity index (χ4n) is 3.84. The Morgan fingerprint density at radius 2 is 0.844 bits per heavy atom. The topological polar surface area (TPSA) is 21.7 Å². The number of nitrogens with zero attached hydrogens (tertiary/aromatic N) is 1. The highest BCUT2D eigenvalue weighted by Gasteiger charge is 1.99. The number of unbranched alkanes of at least 4 members (excludes halogenated alkanes) is 15. The minimum absolute atomic E-state index is 0.843. The zero-order chi connectivity index (χ0) is 23.4. The molecule has 3 nitrogen and oxygen atoms in total. The first kappa shape index (κ1) is 31.6. The summed E-state index contributed by atoms with van der Waals surface area (Å²) in [6, 6.07) is 0. The van der Waals surface area contributed by atoms with E-state index < -0.39 is 0 Å². The van der Waals surface area contributed by atoms with Gasteiger partial charge in [-0.2, -0.15) is 0 Å². The lowest BCUT2D eigenvalue weighted by Crippen LogP contribution is -2.27. The van der Waals surface area contributed by atoms with E-state index in [1.807, 2.05) is 0 Å². The van der Waals surface area contributed by atoms with Crippen LogP contribution in [0.25, 0.3) is 0 Å². The number of hydrogen-bond donors (Lipinski definition) is 0. The molecule has 0 fully saturated rings. The van der Waals surface area contributed by atoms with Crippen molar-refractivity contribution in [2.75, 3.05) is 46.6 Å². The number of rotatable bonds is 27. The van der Waals surface area contributed by atoms with Gasteiger partial charge in [0.1, 0.15) is 0 Å². The molecule has 0 saturated heterocycles. The normalized spacial score (nSPS) is 11.9. The zero-order valence-corrected chi connectivity index (χ0v) is 22.4. The summed E-state index contributed by atoms with van der Waals surface area (Å²) in [5.74, 6) is 0. The second-order valence-corrected chi connectivity index (χ2v) is 9.53. The maximum atomic E-state index is 5.80. The van der Waals surface area contributed by atoms with Crippen LogP contribution in [-0.4, -0.2) is 51.5 Å². The van der Waals surface area contributed by atoms with Crippen LogP contribution in [0, 0.1) is 0 Å². The van der Waals surface area contributed by atoms with Crippen molar-refractivity contribution < 1.29 is 9.47 Å². The van der Waals surface area contributed by atoms with Gasteiger partial charge in [0.25, 0.3) is 0 Å². The number of ether oxygens (including phenoxy) is 2. The highest BCUT2D eigenvalue weighted by Crippen LogP contribution is 2.11. The van der Waals surface area contributed by atoms with E-state index in [2.05, 4.69) is 37.9 Å². The molecule has 0 unspecified atom stereocenters. The van der Waals surface area contributed by atoms with Crippen molar-refractivity contribution >= 4 is 0 Å². The Bertz CT molecular complexity index is 359.